The lowest BCUT2D eigenvalue weighted by Crippen LogP contribution is -2.46. The topological polar surface area (TPSA) is 46.6 Å². The van der Waals surface area contributed by atoms with Crippen molar-refractivity contribution in [3.05, 3.63) is 0 Å². The highest BCUT2D eigenvalue weighted by molar-refractivity contribution is 7.89. The van der Waals surface area contributed by atoms with E-state index in [1.54, 1.807) is 4.31 Å². The number of rotatable bonds is 5. The van der Waals surface area contributed by atoms with Crippen LogP contribution in [0.1, 0.15) is 51.9 Å². The van der Waals surface area contributed by atoms with Gasteiger partial charge in [0.05, 0.1) is 18.5 Å². The van der Waals surface area contributed by atoms with E-state index in [0.717, 1.165) is 12.3 Å². The molecule has 2 aliphatic rings. The van der Waals surface area contributed by atoms with Crippen LogP contribution in [0.25, 0.3) is 0 Å². The molecule has 1 unspecified atom stereocenters. The number of sulfonamides is 1. The Labute approximate surface area is 117 Å². The van der Waals surface area contributed by atoms with E-state index < -0.39 is 10.0 Å². The summed E-state index contributed by atoms with van der Waals surface area (Å²) in [6.07, 6.45) is 8.45. The summed E-state index contributed by atoms with van der Waals surface area (Å²) in [6, 6.07) is 0. The van der Waals surface area contributed by atoms with Crippen molar-refractivity contribution in [1.29, 1.82) is 0 Å². The van der Waals surface area contributed by atoms with Gasteiger partial charge in [-0.25, -0.2) is 8.42 Å². The molecule has 2 rings (SSSR count). The molecule has 1 saturated carbocycles. The quantitative estimate of drug-likeness (QED) is 0.781. The van der Waals surface area contributed by atoms with Gasteiger partial charge >= 0.3 is 0 Å². The predicted molar refractivity (Wildman–Crippen MR) is 76.6 cm³/mol. The van der Waals surface area contributed by atoms with Gasteiger partial charge in [-0.15, -0.1) is 0 Å². The largest absolute Gasteiger partial charge is 0.375 e. The van der Waals surface area contributed by atoms with Crippen molar-refractivity contribution < 1.29 is 13.2 Å². The Morgan fingerprint density at radius 1 is 1.21 bits per heavy atom. The van der Waals surface area contributed by atoms with E-state index in [2.05, 4.69) is 0 Å². The Balaban J connectivity index is 1.86. The zero-order valence-corrected chi connectivity index (χ0v) is 12.8. The minimum absolute atomic E-state index is 0.114. The van der Waals surface area contributed by atoms with E-state index in [4.69, 9.17) is 4.74 Å². The minimum Gasteiger partial charge on any atom is -0.375 e. The van der Waals surface area contributed by atoms with E-state index in [9.17, 15) is 8.42 Å². The minimum atomic E-state index is -3.05. The van der Waals surface area contributed by atoms with Gasteiger partial charge in [0, 0.05) is 13.1 Å². The number of morpholine rings is 1. The average Bonchev–Trinajstić information content (AvgIpc) is 2.40. The van der Waals surface area contributed by atoms with Crippen LogP contribution in [0.5, 0.6) is 0 Å². The van der Waals surface area contributed by atoms with Crippen molar-refractivity contribution in [2.75, 3.05) is 25.4 Å². The molecule has 1 saturated heterocycles. The molecule has 0 amide bonds. The molecule has 1 aliphatic heterocycles. The molecule has 112 valence electrons. The maximum absolute atomic E-state index is 12.1. The third-order valence-corrected chi connectivity index (χ3v) is 6.32. The van der Waals surface area contributed by atoms with Crippen LogP contribution in [0, 0.1) is 5.92 Å². The fourth-order valence-electron chi connectivity index (χ4n) is 3.27. The average molecular weight is 289 g/mol. The van der Waals surface area contributed by atoms with Crippen LogP contribution in [-0.2, 0) is 14.8 Å². The highest BCUT2D eigenvalue weighted by Crippen LogP contribution is 2.29. The Kier molecular flexibility index (Phi) is 5.66. The maximum atomic E-state index is 12.1. The fraction of sp³-hybridized carbons (Fsp3) is 1.00. The van der Waals surface area contributed by atoms with Gasteiger partial charge in [-0.2, -0.15) is 4.31 Å². The van der Waals surface area contributed by atoms with E-state index in [-0.39, 0.29) is 11.9 Å². The van der Waals surface area contributed by atoms with Gasteiger partial charge in [0.1, 0.15) is 0 Å². The summed E-state index contributed by atoms with van der Waals surface area (Å²) in [5.74, 6) is 1.01. The van der Waals surface area contributed by atoms with Gasteiger partial charge in [0.2, 0.25) is 10.0 Å². The molecule has 0 aromatic heterocycles. The van der Waals surface area contributed by atoms with Gasteiger partial charge in [-0.05, 0) is 18.8 Å². The molecule has 0 bridgehead atoms. The monoisotopic (exact) mass is 289 g/mol. The second-order valence-electron chi connectivity index (χ2n) is 5.91. The van der Waals surface area contributed by atoms with Crippen LogP contribution < -0.4 is 0 Å². The second kappa shape index (κ2) is 7.04. The van der Waals surface area contributed by atoms with Gasteiger partial charge in [-0.1, -0.05) is 39.0 Å². The Morgan fingerprint density at radius 2 is 1.95 bits per heavy atom. The smallest absolute Gasteiger partial charge is 0.214 e. The number of hydrogen-bond acceptors (Lipinski definition) is 3. The Morgan fingerprint density at radius 3 is 2.63 bits per heavy atom. The molecular weight excluding hydrogens is 262 g/mol. The van der Waals surface area contributed by atoms with Crippen molar-refractivity contribution in [2.45, 2.75) is 58.0 Å². The molecule has 1 atom stereocenters. The summed E-state index contributed by atoms with van der Waals surface area (Å²) in [5.41, 5.74) is 0. The van der Waals surface area contributed by atoms with Crippen molar-refractivity contribution in [3.8, 4) is 0 Å². The Bertz CT molecular complexity index is 363. The van der Waals surface area contributed by atoms with Crippen LogP contribution in [-0.4, -0.2) is 44.3 Å². The van der Waals surface area contributed by atoms with Gasteiger partial charge in [0.25, 0.3) is 0 Å². The zero-order valence-electron chi connectivity index (χ0n) is 12.0. The molecule has 0 N–H and O–H groups in total. The first-order chi connectivity index (χ1) is 9.12. The molecule has 2 fully saturated rings. The van der Waals surface area contributed by atoms with Crippen LogP contribution in [0.2, 0.25) is 0 Å². The zero-order chi connectivity index (χ0) is 13.7. The molecule has 1 aliphatic carbocycles. The number of nitrogens with zero attached hydrogens (tertiary/aromatic N) is 1. The summed E-state index contributed by atoms with van der Waals surface area (Å²) in [6.45, 7) is 3.57. The first kappa shape index (κ1) is 15.3. The molecule has 5 heteroatoms. The lowest BCUT2D eigenvalue weighted by molar-refractivity contribution is -0.0168. The summed E-state index contributed by atoms with van der Waals surface area (Å²) >= 11 is 0. The standard InChI is InChI=1S/C14H27NO3S/c1-2-10-19(16,17)15-8-9-18-14(12-15)11-13-6-4-3-5-7-13/h13-14H,2-12H2,1H3. The number of hydrogen-bond donors (Lipinski definition) is 0. The van der Waals surface area contributed by atoms with E-state index in [1.807, 2.05) is 6.92 Å². The first-order valence-electron chi connectivity index (χ1n) is 7.71. The van der Waals surface area contributed by atoms with Crippen molar-refractivity contribution in [2.24, 2.45) is 5.92 Å². The van der Waals surface area contributed by atoms with E-state index in [1.165, 1.54) is 32.1 Å². The van der Waals surface area contributed by atoms with Gasteiger partial charge in [-0.3, -0.25) is 0 Å². The third kappa shape index (κ3) is 4.43. The first-order valence-corrected chi connectivity index (χ1v) is 9.32. The molecular formula is C14H27NO3S. The summed E-state index contributed by atoms with van der Waals surface area (Å²) in [4.78, 5) is 0. The van der Waals surface area contributed by atoms with Gasteiger partial charge in [0.15, 0.2) is 0 Å². The van der Waals surface area contributed by atoms with Crippen molar-refractivity contribution in [3.63, 3.8) is 0 Å². The van der Waals surface area contributed by atoms with E-state index in [0.29, 0.717) is 26.1 Å². The maximum Gasteiger partial charge on any atom is 0.214 e. The fourth-order valence-corrected chi connectivity index (χ4v) is 4.79. The molecule has 0 aromatic carbocycles. The van der Waals surface area contributed by atoms with Crippen molar-refractivity contribution >= 4 is 10.0 Å². The van der Waals surface area contributed by atoms with Crippen LogP contribution in [0.4, 0.5) is 0 Å². The highest BCUT2D eigenvalue weighted by Gasteiger charge is 2.30. The summed E-state index contributed by atoms with van der Waals surface area (Å²) in [5, 5.41) is 0. The van der Waals surface area contributed by atoms with Crippen LogP contribution >= 0.6 is 0 Å². The molecule has 1 heterocycles. The molecule has 0 radical (unpaired) electrons. The predicted octanol–water partition coefficient (Wildman–Crippen LogP) is 2.40. The highest BCUT2D eigenvalue weighted by atomic mass is 32.2. The molecule has 0 spiro atoms. The molecule has 4 nitrogen and oxygen atoms in total. The normalized spacial score (nSPS) is 27.5. The lowest BCUT2D eigenvalue weighted by Gasteiger charge is -2.34. The molecule has 19 heavy (non-hydrogen) atoms. The number of ether oxygens (including phenoxy) is 1. The van der Waals surface area contributed by atoms with Crippen molar-refractivity contribution in [1.82, 2.24) is 4.31 Å². The van der Waals surface area contributed by atoms with Crippen LogP contribution in [0.3, 0.4) is 0 Å². The Hall–Kier alpha value is -0.130. The second-order valence-corrected chi connectivity index (χ2v) is 8.00. The SMILES string of the molecule is CCCS(=O)(=O)N1CCOC(CC2CCCCC2)C1. The lowest BCUT2D eigenvalue weighted by atomic mass is 9.85. The molecule has 0 aromatic rings. The third-order valence-electron chi connectivity index (χ3n) is 4.28. The summed E-state index contributed by atoms with van der Waals surface area (Å²) < 4.78 is 31.6. The van der Waals surface area contributed by atoms with E-state index >= 15 is 0 Å². The van der Waals surface area contributed by atoms with Gasteiger partial charge < -0.3 is 4.74 Å². The summed E-state index contributed by atoms with van der Waals surface area (Å²) in [7, 11) is -3.05. The van der Waals surface area contributed by atoms with Crippen LogP contribution in [0.15, 0.2) is 0 Å².